The van der Waals surface area contributed by atoms with Gasteiger partial charge in [0.05, 0.1) is 19.1 Å². The van der Waals surface area contributed by atoms with Gasteiger partial charge in [-0.25, -0.2) is 0 Å². The number of rotatable bonds is 3. The molecule has 0 aromatic rings. The summed E-state index contributed by atoms with van der Waals surface area (Å²) < 4.78 is 4.62. The largest absolute Gasteiger partial charge is 0.469 e. The minimum Gasteiger partial charge on any atom is -0.469 e. The molecular formula is C10H17NO4. The van der Waals surface area contributed by atoms with E-state index in [0.29, 0.717) is 19.4 Å². The van der Waals surface area contributed by atoms with Crippen molar-refractivity contribution in [1.82, 2.24) is 5.32 Å². The van der Waals surface area contributed by atoms with Crippen LogP contribution in [0.5, 0.6) is 0 Å². The lowest BCUT2D eigenvalue weighted by atomic mass is 10.0. The number of esters is 1. The first-order chi connectivity index (χ1) is 7.04. The summed E-state index contributed by atoms with van der Waals surface area (Å²) >= 11 is 0. The van der Waals surface area contributed by atoms with E-state index in [-0.39, 0.29) is 23.7 Å². The van der Waals surface area contributed by atoms with E-state index >= 15 is 0 Å². The van der Waals surface area contributed by atoms with Crippen LogP contribution in [0.4, 0.5) is 0 Å². The normalized spacial score (nSPS) is 29.9. The van der Waals surface area contributed by atoms with Crippen LogP contribution in [0.3, 0.4) is 0 Å². The molecular weight excluding hydrogens is 198 g/mol. The Morgan fingerprint density at radius 1 is 1.47 bits per heavy atom. The van der Waals surface area contributed by atoms with Gasteiger partial charge >= 0.3 is 5.97 Å². The summed E-state index contributed by atoms with van der Waals surface area (Å²) in [5.74, 6) is -0.676. The van der Waals surface area contributed by atoms with Crippen molar-refractivity contribution < 1.29 is 19.4 Å². The zero-order valence-electron chi connectivity index (χ0n) is 9.03. The van der Waals surface area contributed by atoms with Crippen molar-refractivity contribution in [2.24, 2.45) is 11.8 Å². The van der Waals surface area contributed by atoms with Crippen LogP contribution in [0.2, 0.25) is 0 Å². The van der Waals surface area contributed by atoms with E-state index in [0.717, 1.165) is 0 Å². The van der Waals surface area contributed by atoms with Crippen molar-refractivity contribution in [3.05, 3.63) is 0 Å². The third-order valence-corrected chi connectivity index (χ3v) is 2.81. The predicted octanol–water partition coefficient (Wildman–Crippen LogP) is -0.317. The van der Waals surface area contributed by atoms with Crippen LogP contribution in [0.25, 0.3) is 0 Å². The lowest BCUT2D eigenvalue weighted by Gasteiger charge is -2.13. The topological polar surface area (TPSA) is 75.6 Å². The third-order valence-electron chi connectivity index (χ3n) is 2.81. The van der Waals surface area contributed by atoms with Crippen LogP contribution in [0, 0.1) is 11.8 Å². The van der Waals surface area contributed by atoms with Gasteiger partial charge in [-0.05, 0) is 12.8 Å². The van der Waals surface area contributed by atoms with E-state index in [2.05, 4.69) is 10.1 Å². The average molecular weight is 215 g/mol. The number of amides is 1. The molecule has 5 nitrogen and oxygen atoms in total. The summed E-state index contributed by atoms with van der Waals surface area (Å²) in [5.41, 5.74) is 0. The van der Waals surface area contributed by atoms with Gasteiger partial charge in [0.25, 0.3) is 0 Å². The number of carbonyl (C=O) groups is 2. The Balaban J connectivity index is 2.42. The molecule has 0 saturated heterocycles. The fourth-order valence-electron chi connectivity index (χ4n) is 1.96. The first-order valence-electron chi connectivity index (χ1n) is 5.05. The lowest BCUT2D eigenvalue weighted by Crippen LogP contribution is -2.30. The van der Waals surface area contributed by atoms with Gasteiger partial charge < -0.3 is 15.2 Å². The monoisotopic (exact) mass is 215 g/mol. The molecule has 0 aliphatic heterocycles. The van der Waals surface area contributed by atoms with Gasteiger partial charge in [-0.1, -0.05) is 0 Å². The number of aliphatic hydroxyl groups is 1. The fraction of sp³-hybridized carbons (Fsp3) is 0.800. The molecule has 15 heavy (non-hydrogen) atoms. The standard InChI is InChI=1S/C10H17NO4/c1-6(12)11-5-8-3-7(4-9(8)13)10(14)15-2/h7-9,13H,3-5H2,1-2H3,(H,11,12)/t7?,8-,9+/m1/s1. The molecule has 0 radical (unpaired) electrons. The molecule has 1 saturated carbocycles. The predicted molar refractivity (Wildman–Crippen MR) is 52.9 cm³/mol. The highest BCUT2D eigenvalue weighted by atomic mass is 16.5. The second-order valence-electron chi connectivity index (χ2n) is 3.96. The van der Waals surface area contributed by atoms with Gasteiger partial charge in [-0.2, -0.15) is 0 Å². The SMILES string of the molecule is COC(=O)C1C[C@H](CNC(C)=O)[C@@H](O)C1. The Kier molecular flexibility index (Phi) is 4.08. The highest BCUT2D eigenvalue weighted by molar-refractivity contribution is 5.73. The Labute approximate surface area is 88.8 Å². The molecule has 1 aliphatic rings. The molecule has 1 amide bonds. The maximum Gasteiger partial charge on any atom is 0.308 e. The Hall–Kier alpha value is -1.10. The number of methoxy groups -OCH3 is 1. The second-order valence-corrected chi connectivity index (χ2v) is 3.96. The average Bonchev–Trinajstić information content (AvgIpc) is 2.55. The van der Waals surface area contributed by atoms with E-state index in [1.807, 2.05) is 0 Å². The molecule has 0 bridgehead atoms. The summed E-state index contributed by atoms with van der Waals surface area (Å²) in [6.45, 7) is 1.85. The fourth-order valence-corrected chi connectivity index (χ4v) is 1.96. The highest BCUT2D eigenvalue weighted by Gasteiger charge is 2.37. The smallest absolute Gasteiger partial charge is 0.308 e. The Morgan fingerprint density at radius 2 is 2.13 bits per heavy atom. The van der Waals surface area contributed by atoms with Crippen molar-refractivity contribution in [2.45, 2.75) is 25.9 Å². The highest BCUT2D eigenvalue weighted by Crippen LogP contribution is 2.31. The minimum absolute atomic E-state index is 0.0435. The van der Waals surface area contributed by atoms with Crippen molar-refractivity contribution >= 4 is 11.9 Å². The zero-order chi connectivity index (χ0) is 11.4. The summed E-state index contributed by atoms with van der Waals surface area (Å²) in [5, 5.41) is 12.3. The molecule has 0 heterocycles. The first-order valence-corrected chi connectivity index (χ1v) is 5.05. The lowest BCUT2D eigenvalue weighted by molar-refractivity contribution is -0.145. The van der Waals surface area contributed by atoms with E-state index < -0.39 is 6.10 Å². The summed E-state index contributed by atoms with van der Waals surface area (Å²) in [6.07, 6.45) is 0.478. The van der Waals surface area contributed by atoms with E-state index in [1.54, 1.807) is 0 Å². The van der Waals surface area contributed by atoms with Crippen LogP contribution in [-0.4, -0.2) is 36.7 Å². The van der Waals surface area contributed by atoms with Gasteiger partial charge in [0, 0.05) is 19.4 Å². The van der Waals surface area contributed by atoms with Gasteiger partial charge in [-0.15, -0.1) is 0 Å². The van der Waals surface area contributed by atoms with Gasteiger partial charge in [-0.3, -0.25) is 9.59 Å². The van der Waals surface area contributed by atoms with Crippen LogP contribution < -0.4 is 5.32 Å². The summed E-state index contributed by atoms with van der Waals surface area (Å²) in [7, 11) is 1.34. The summed E-state index contributed by atoms with van der Waals surface area (Å²) in [6, 6.07) is 0. The molecule has 1 rings (SSSR count). The van der Waals surface area contributed by atoms with Crippen molar-refractivity contribution in [3.8, 4) is 0 Å². The minimum atomic E-state index is -0.527. The third kappa shape index (κ3) is 3.20. The number of hydrogen-bond donors (Lipinski definition) is 2. The molecule has 0 aromatic carbocycles. The maximum atomic E-state index is 11.2. The molecule has 86 valence electrons. The molecule has 1 unspecified atom stereocenters. The molecule has 3 atom stereocenters. The Morgan fingerprint density at radius 3 is 2.67 bits per heavy atom. The Bertz CT molecular complexity index is 254. The number of nitrogens with one attached hydrogen (secondary N) is 1. The van der Waals surface area contributed by atoms with Crippen molar-refractivity contribution in [1.29, 1.82) is 0 Å². The number of aliphatic hydroxyl groups excluding tert-OH is 1. The summed E-state index contributed by atoms with van der Waals surface area (Å²) in [4.78, 5) is 21.9. The van der Waals surface area contributed by atoms with Crippen LogP contribution in [0.1, 0.15) is 19.8 Å². The maximum absolute atomic E-state index is 11.2. The van der Waals surface area contributed by atoms with Crippen LogP contribution in [0.15, 0.2) is 0 Å². The van der Waals surface area contributed by atoms with Crippen LogP contribution >= 0.6 is 0 Å². The van der Waals surface area contributed by atoms with Crippen molar-refractivity contribution in [3.63, 3.8) is 0 Å². The first kappa shape index (κ1) is 12.0. The molecule has 5 heteroatoms. The van der Waals surface area contributed by atoms with E-state index in [4.69, 9.17) is 0 Å². The number of ether oxygens (including phenoxy) is 1. The quantitative estimate of drug-likeness (QED) is 0.633. The van der Waals surface area contributed by atoms with E-state index in [9.17, 15) is 14.7 Å². The molecule has 1 aliphatic carbocycles. The zero-order valence-corrected chi connectivity index (χ0v) is 9.03. The number of carbonyl (C=O) groups excluding carboxylic acids is 2. The number of hydrogen-bond acceptors (Lipinski definition) is 4. The van der Waals surface area contributed by atoms with Crippen LogP contribution in [-0.2, 0) is 14.3 Å². The van der Waals surface area contributed by atoms with Crippen molar-refractivity contribution in [2.75, 3.05) is 13.7 Å². The molecule has 1 fully saturated rings. The van der Waals surface area contributed by atoms with Gasteiger partial charge in [0.1, 0.15) is 0 Å². The van der Waals surface area contributed by atoms with E-state index in [1.165, 1.54) is 14.0 Å². The van der Waals surface area contributed by atoms with Gasteiger partial charge in [0.2, 0.25) is 5.91 Å². The second kappa shape index (κ2) is 5.11. The molecule has 2 N–H and O–H groups in total. The molecule has 0 spiro atoms. The van der Waals surface area contributed by atoms with Gasteiger partial charge in [0.15, 0.2) is 0 Å². The molecule has 0 aromatic heterocycles.